The minimum Gasteiger partial charge on any atom is -0.467 e. The number of hydrogen-bond acceptors (Lipinski definition) is 5. The molecular formula is C31H28ClN3O4S. The van der Waals surface area contributed by atoms with Crippen LogP contribution in [0.3, 0.4) is 0 Å². The maximum atomic E-state index is 13.7. The topological polar surface area (TPSA) is 85.4 Å². The van der Waals surface area contributed by atoms with Gasteiger partial charge in [0.05, 0.1) is 43.5 Å². The van der Waals surface area contributed by atoms with E-state index in [2.05, 4.69) is 4.98 Å². The van der Waals surface area contributed by atoms with E-state index in [0.717, 1.165) is 11.1 Å². The van der Waals surface area contributed by atoms with Gasteiger partial charge < -0.3 is 13.9 Å². The Morgan fingerprint density at radius 1 is 0.950 bits per heavy atom. The number of imidazole rings is 1. The van der Waals surface area contributed by atoms with Crippen LogP contribution in [0.1, 0.15) is 38.5 Å². The Labute approximate surface area is 238 Å². The van der Waals surface area contributed by atoms with Crippen molar-refractivity contribution in [1.82, 2.24) is 14.5 Å². The zero-order chi connectivity index (χ0) is 28.1. The number of furan rings is 1. The predicted molar refractivity (Wildman–Crippen MR) is 154 cm³/mol. The summed E-state index contributed by atoms with van der Waals surface area (Å²) < 4.78 is 34.7. The Bertz CT molecular complexity index is 1710. The fourth-order valence-electron chi connectivity index (χ4n) is 4.53. The number of halogens is 1. The SMILES string of the molecule is Cc1ccccc1CS(=O)(=O)c1ncc(CN(Cc2ccco2)C(=O)c2cccc(Cl)c2)n1Cc1ccccc1. The molecule has 3 aromatic carbocycles. The molecule has 0 N–H and O–H groups in total. The highest BCUT2D eigenvalue weighted by atomic mass is 35.5. The van der Waals surface area contributed by atoms with Crippen LogP contribution in [-0.2, 0) is 35.2 Å². The van der Waals surface area contributed by atoms with Crippen molar-refractivity contribution >= 4 is 27.3 Å². The summed E-state index contributed by atoms with van der Waals surface area (Å²) in [5.74, 6) is 0.148. The summed E-state index contributed by atoms with van der Waals surface area (Å²) in [7, 11) is -3.82. The van der Waals surface area contributed by atoms with Crippen molar-refractivity contribution in [3.05, 3.63) is 142 Å². The molecule has 1 amide bonds. The Balaban J connectivity index is 1.54. The van der Waals surface area contributed by atoms with Gasteiger partial charge in [0.2, 0.25) is 15.0 Å². The number of hydrogen-bond donors (Lipinski definition) is 0. The van der Waals surface area contributed by atoms with Gasteiger partial charge in [0.25, 0.3) is 5.91 Å². The zero-order valence-electron chi connectivity index (χ0n) is 21.9. The van der Waals surface area contributed by atoms with Gasteiger partial charge in [-0.2, -0.15) is 0 Å². The average Bonchev–Trinajstić information content (AvgIpc) is 3.60. The third-order valence-electron chi connectivity index (χ3n) is 6.61. The van der Waals surface area contributed by atoms with Gasteiger partial charge in [-0.25, -0.2) is 13.4 Å². The van der Waals surface area contributed by atoms with E-state index in [9.17, 15) is 13.2 Å². The van der Waals surface area contributed by atoms with Crippen molar-refractivity contribution in [3.8, 4) is 0 Å². The first kappa shape index (κ1) is 27.4. The van der Waals surface area contributed by atoms with Crippen molar-refractivity contribution in [3.63, 3.8) is 0 Å². The molecule has 0 aliphatic rings. The van der Waals surface area contributed by atoms with Gasteiger partial charge in [-0.15, -0.1) is 0 Å². The van der Waals surface area contributed by atoms with Gasteiger partial charge in [-0.1, -0.05) is 72.3 Å². The molecule has 204 valence electrons. The first-order valence-electron chi connectivity index (χ1n) is 12.7. The summed E-state index contributed by atoms with van der Waals surface area (Å²) in [6, 6.07) is 27.3. The molecule has 9 heteroatoms. The van der Waals surface area contributed by atoms with Crippen LogP contribution in [-0.4, -0.2) is 28.8 Å². The van der Waals surface area contributed by atoms with Crippen molar-refractivity contribution in [2.24, 2.45) is 0 Å². The van der Waals surface area contributed by atoms with Crippen LogP contribution in [0.15, 0.2) is 113 Å². The molecule has 0 spiro atoms. The van der Waals surface area contributed by atoms with Crippen LogP contribution in [0, 0.1) is 6.92 Å². The number of aromatic nitrogens is 2. The second-order valence-corrected chi connectivity index (χ2v) is 11.9. The molecule has 40 heavy (non-hydrogen) atoms. The molecule has 0 unspecified atom stereocenters. The lowest BCUT2D eigenvalue weighted by molar-refractivity contribution is 0.0713. The van der Waals surface area contributed by atoms with E-state index in [4.69, 9.17) is 16.0 Å². The highest BCUT2D eigenvalue weighted by Crippen LogP contribution is 2.23. The third-order valence-corrected chi connectivity index (χ3v) is 8.42. The molecular weight excluding hydrogens is 546 g/mol. The van der Waals surface area contributed by atoms with E-state index in [-0.39, 0.29) is 36.5 Å². The largest absolute Gasteiger partial charge is 0.467 e. The van der Waals surface area contributed by atoms with Crippen LogP contribution in [0.5, 0.6) is 0 Å². The molecule has 0 atom stereocenters. The Morgan fingerprint density at radius 2 is 1.73 bits per heavy atom. The molecule has 5 rings (SSSR count). The quantitative estimate of drug-likeness (QED) is 0.196. The van der Waals surface area contributed by atoms with Crippen molar-refractivity contribution < 1.29 is 17.6 Å². The van der Waals surface area contributed by atoms with Gasteiger partial charge in [-0.3, -0.25) is 4.79 Å². The van der Waals surface area contributed by atoms with Crippen LogP contribution >= 0.6 is 11.6 Å². The fraction of sp³-hybridized carbons (Fsp3) is 0.161. The molecule has 0 radical (unpaired) electrons. The summed E-state index contributed by atoms with van der Waals surface area (Å²) >= 11 is 6.17. The average molecular weight is 574 g/mol. The lowest BCUT2D eigenvalue weighted by Gasteiger charge is -2.23. The number of carbonyl (C=O) groups is 1. The molecule has 5 aromatic rings. The van der Waals surface area contributed by atoms with Gasteiger partial charge in [-0.05, 0) is 53.9 Å². The first-order chi connectivity index (χ1) is 19.3. The smallest absolute Gasteiger partial charge is 0.254 e. The Hall–Kier alpha value is -4.14. The number of carbonyl (C=O) groups excluding carboxylic acids is 1. The van der Waals surface area contributed by atoms with E-state index in [1.54, 1.807) is 52.1 Å². The second kappa shape index (κ2) is 11.9. The molecule has 0 saturated heterocycles. The lowest BCUT2D eigenvalue weighted by Crippen LogP contribution is -2.31. The molecule has 0 aliphatic carbocycles. The van der Waals surface area contributed by atoms with Crippen molar-refractivity contribution in [2.45, 2.75) is 37.5 Å². The summed E-state index contributed by atoms with van der Waals surface area (Å²) in [5.41, 5.74) is 3.51. The number of benzene rings is 3. The minimum absolute atomic E-state index is 0.0391. The maximum Gasteiger partial charge on any atom is 0.254 e. The zero-order valence-corrected chi connectivity index (χ0v) is 23.5. The monoisotopic (exact) mass is 573 g/mol. The van der Waals surface area contributed by atoms with Crippen LogP contribution in [0.25, 0.3) is 0 Å². The van der Waals surface area contributed by atoms with Crippen LogP contribution in [0.2, 0.25) is 5.02 Å². The maximum absolute atomic E-state index is 13.7. The van der Waals surface area contributed by atoms with E-state index < -0.39 is 9.84 Å². The number of sulfone groups is 1. The van der Waals surface area contributed by atoms with Crippen molar-refractivity contribution in [1.29, 1.82) is 0 Å². The summed E-state index contributed by atoms with van der Waals surface area (Å²) in [4.78, 5) is 19.7. The highest BCUT2D eigenvalue weighted by Gasteiger charge is 2.27. The molecule has 2 heterocycles. The fourth-order valence-corrected chi connectivity index (χ4v) is 6.32. The van der Waals surface area contributed by atoms with Gasteiger partial charge in [0.15, 0.2) is 0 Å². The molecule has 7 nitrogen and oxygen atoms in total. The van der Waals surface area contributed by atoms with Crippen LogP contribution in [0.4, 0.5) is 0 Å². The summed E-state index contributed by atoms with van der Waals surface area (Å²) in [6.07, 6.45) is 3.08. The molecule has 0 bridgehead atoms. The standard InChI is InChI=1S/C31H28ClN3O4S/c1-23-9-5-6-12-26(23)22-40(37,38)31-33-18-28(35(31)19-24-10-3-2-4-11-24)20-34(21-29-15-8-16-39-29)30(36)25-13-7-14-27(32)17-25/h2-18H,19-22H2,1H3. The number of rotatable bonds is 10. The molecule has 0 aliphatic heterocycles. The van der Waals surface area contributed by atoms with Crippen LogP contribution < -0.4 is 0 Å². The van der Waals surface area contributed by atoms with E-state index in [1.165, 1.54) is 6.20 Å². The van der Waals surface area contributed by atoms with Gasteiger partial charge in [0, 0.05) is 10.6 Å². The predicted octanol–water partition coefficient (Wildman–Crippen LogP) is 6.30. The summed E-state index contributed by atoms with van der Waals surface area (Å²) in [5, 5.41) is 0.408. The normalized spacial score (nSPS) is 11.4. The second-order valence-electron chi connectivity index (χ2n) is 9.54. The Morgan fingerprint density at radius 3 is 2.45 bits per heavy atom. The van der Waals surface area contributed by atoms with Gasteiger partial charge >= 0.3 is 0 Å². The number of amides is 1. The summed E-state index contributed by atoms with van der Waals surface area (Å²) in [6.45, 7) is 2.45. The molecule has 2 aromatic heterocycles. The van der Waals surface area contributed by atoms with E-state index >= 15 is 0 Å². The Kier molecular flexibility index (Phi) is 8.19. The highest BCUT2D eigenvalue weighted by molar-refractivity contribution is 7.90. The molecule has 0 fully saturated rings. The lowest BCUT2D eigenvalue weighted by atomic mass is 10.1. The van der Waals surface area contributed by atoms with E-state index in [1.807, 2.05) is 61.5 Å². The first-order valence-corrected chi connectivity index (χ1v) is 14.8. The van der Waals surface area contributed by atoms with Gasteiger partial charge in [0.1, 0.15) is 5.76 Å². The van der Waals surface area contributed by atoms with Crippen molar-refractivity contribution in [2.75, 3.05) is 0 Å². The molecule has 0 saturated carbocycles. The number of aryl methyl sites for hydroxylation is 1. The van der Waals surface area contributed by atoms with E-state index in [0.29, 0.717) is 27.6 Å². The minimum atomic E-state index is -3.82. The third kappa shape index (κ3) is 6.35. The number of nitrogens with zero attached hydrogens (tertiary/aromatic N) is 3.